The van der Waals surface area contributed by atoms with Crippen molar-refractivity contribution in [1.29, 1.82) is 0 Å². The summed E-state index contributed by atoms with van der Waals surface area (Å²) in [5.41, 5.74) is 3.33. The summed E-state index contributed by atoms with van der Waals surface area (Å²) in [5, 5.41) is -0.375. The molecule has 124 valence electrons. The molecule has 1 aromatic carbocycles. The van der Waals surface area contributed by atoms with Crippen LogP contribution in [0.4, 0.5) is 9.18 Å². The number of imide groups is 1. The van der Waals surface area contributed by atoms with Gasteiger partial charge in [-0.3, -0.25) is 14.5 Å². The number of aryl methyl sites for hydroxylation is 1. The average molecular weight is 344 g/mol. The highest BCUT2D eigenvalue weighted by Crippen LogP contribution is 2.34. The molecule has 2 amide bonds. The topological polar surface area (TPSA) is 42.3 Å². The van der Waals surface area contributed by atoms with Crippen LogP contribution < -0.4 is 0 Å². The summed E-state index contributed by atoms with van der Waals surface area (Å²) in [6.07, 6.45) is 1.73. The molecule has 0 unspecified atom stereocenters. The number of aromatic nitrogens is 1. The third-order valence-corrected chi connectivity index (χ3v) is 5.17. The second-order valence-electron chi connectivity index (χ2n) is 5.74. The number of thioether (sulfide) groups is 1. The van der Waals surface area contributed by atoms with Crippen LogP contribution in [0.25, 0.3) is 6.08 Å². The number of halogens is 1. The maximum atomic E-state index is 13.8. The maximum absolute atomic E-state index is 13.8. The molecular weight excluding hydrogens is 327 g/mol. The molecule has 1 saturated heterocycles. The van der Waals surface area contributed by atoms with E-state index >= 15 is 0 Å². The van der Waals surface area contributed by atoms with Crippen molar-refractivity contribution in [3.05, 3.63) is 63.6 Å². The fourth-order valence-electron chi connectivity index (χ4n) is 2.61. The Morgan fingerprint density at radius 3 is 2.54 bits per heavy atom. The van der Waals surface area contributed by atoms with Crippen LogP contribution in [0.15, 0.2) is 35.2 Å². The summed E-state index contributed by atoms with van der Waals surface area (Å²) in [5.74, 6) is -0.802. The maximum Gasteiger partial charge on any atom is 0.293 e. The first-order valence-electron chi connectivity index (χ1n) is 7.50. The number of carbonyl (C=O) groups excluding carboxylic acids is 2. The minimum atomic E-state index is -0.421. The van der Waals surface area contributed by atoms with Crippen LogP contribution >= 0.6 is 11.8 Å². The zero-order chi connectivity index (χ0) is 17.4. The van der Waals surface area contributed by atoms with Crippen LogP contribution in [-0.4, -0.2) is 20.6 Å². The lowest BCUT2D eigenvalue weighted by atomic mass is 10.2. The van der Waals surface area contributed by atoms with E-state index in [1.165, 1.54) is 6.07 Å². The van der Waals surface area contributed by atoms with E-state index in [9.17, 15) is 14.0 Å². The Hall–Kier alpha value is -2.34. The van der Waals surface area contributed by atoms with Gasteiger partial charge in [0.25, 0.3) is 11.1 Å². The standard InChI is InChI=1S/C18H17FN2O2S/c1-11-8-14(12(2)20(11)3)9-16-17(22)21(18(23)24-16)10-13-6-4-5-7-15(13)19/h4-9H,10H2,1-3H3/b16-9-. The lowest BCUT2D eigenvalue weighted by molar-refractivity contribution is -0.123. The van der Waals surface area contributed by atoms with Crippen LogP contribution in [0.3, 0.4) is 0 Å². The smallest absolute Gasteiger partial charge is 0.293 e. The molecule has 0 aliphatic carbocycles. The van der Waals surface area contributed by atoms with Gasteiger partial charge in [0.1, 0.15) is 5.82 Å². The summed E-state index contributed by atoms with van der Waals surface area (Å²) in [7, 11) is 1.95. The molecule has 2 aromatic rings. The predicted molar refractivity (Wildman–Crippen MR) is 92.8 cm³/mol. The number of benzene rings is 1. The Balaban J connectivity index is 1.87. The number of carbonyl (C=O) groups is 2. The molecule has 0 spiro atoms. The molecule has 0 saturated carbocycles. The van der Waals surface area contributed by atoms with Crippen molar-refractivity contribution >= 4 is 29.0 Å². The van der Waals surface area contributed by atoms with E-state index < -0.39 is 5.82 Å². The highest BCUT2D eigenvalue weighted by Gasteiger charge is 2.35. The van der Waals surface area contributed by atoms with Gasteiger partial charge in [0.05, 0.1) is 11.4 Å². The van der Waals surface area contributed by atoms with Gasteiger partial charge in [0.2, 0.25) is 0 Å². The van der Waals surface area contributed by atoms with Gasteiger partial charge in [0.15, 0.2) is 0 Å². The molecule has 0 atom stereocenters. The fraction of sp³-hybridized carbons (Fsp3) is 0.222. The van der Waals surface area contributed by atoms with E-state index in [-0.39, 0.29) is 17.7 Å². The summed E-state index contributed by atoms with van der Waals surface area (Å²) in [6.45, 7) is 3.89. The fourth-order valence-corrected chi connectivity index (χ4v) is 3.43. The van der Waals surface area contributed by atoms with Crippen LogP contribution in [0.5, 0.6) is 0 Å². The van der Waals surface area contributed by atoms with E-state index in [4.69, 9.17) is 0 Å². The first-order valence-corrected chi connectivity index (χ1v) is 8.32. The molecule has 1 aromatic heterocycles. The van der Waals surface area contributed by atoms with E-state index in [1.54, 1.807) is 24.3 Å². The molecule has 2 heterocycles. The lowest BCUT2D eigenvalue weighted by Gasteiger charge is -2.12. The van der Waals surface area contributed by atoms with E-state index in [2.05, 4.69) is 0 Å². The van der Waals surface area contributed by atoms with Crippen molar-refractivity contribution in [2.75, 3.05) is 0 Å². The molecule has 24 heavy (non-hydrogen) atoms. The van der Waals surface area contributed by atoms with E-state index in [0.717, 1.165) is 33.6 Å². The van der Waals surface area contributed by atoms with Crippen molar-refractivity contribution < 1.29 is 14.0 Å². The first kappa shape index (κ1) is 16.5. The van der Waals surface area contributed by atoms with Crippen molar-refractivity contribution in [1.82, 2.24) is 9.47 Å². The second kappa shape index (κ2) is 6.28. The Bertz CT molecular complexity index is 870. The van der Waals surface area contributed by atoms with Crippen LogP contribution in [0.1, 0.15) is 22.5 Å². The zero-order valence-electron chi connectivity index (χ0n) is 13.7. The Kier molecular flexibility index (Phi) is 4.32. The number of hydrogen-bond acceptors (Lipinski definition) is 3. The van der Waals surface area contributed by atoms with Gasteiger partial charge < -0.3 is 4.57 Å². The monoisotopic (exact) mass is 344 g/mol. The predicted octanol–water partition coefficient (Wildman–Crippen LogP) is 4.02. The molecule has 0 bridgehead atoms. The third-order valence-electron chi connectivity index (χ3n) is 4.26. The highest BCUT2D eigenvalue weighted by atomic mass is 32.2. The molecule has 3 rings (SSSR count). The molecule has 4 nitrogen and oxygen atoms in total. The van der Waals surface area contributed by atoms with Crippen LogP contribution in [0.2, 0.25) is 0 Å². The number of hydrogen-bond donors (Lipinski definition) is 0. The van der Waals surface area contributed by atoms with Gasteiger partial charge in [-0.1, -0.05) is 18.2 Å². The molecule has 1 aliphatic rings. The minimum Gasteiger partial charge on any atom is -0.352 e. The normalized spacial score (nSPS) is 16.5. The largest absolute Gasteiger partial charge is 0.352 e. The SMILES string of the molecule is Cc1cc(/C=C2\SC(=O)N(Cc3ccccc3F)C2=O)c(C)n1C. The van der Waals surface area contributed by atoms with Gasteiger partial charge >= 0.3 is 0 Å². The number of nitrogens with zero attached hydrogens (tertiary/aromatic N) is 2. The van der Waals surface area contributed by atoms with Crippen molar-refractivity contribution in [2.24, 2.45) is 7.05 Å². The quantitative estimate of drug-likeness (QED) is 0.790. The van der Waals surface area contributed by atoms with E-state index in [0.29, 0.717) is 10.5 Å². The van der Waals surface area contributed by atoms with E-state index in [1.807, 2.05) is 31.5 Å². The molecule has 1 aliphatic heterocycles. The van der Waals surface area contributed by atoms with Gasteiger partial charge in [-0.2, -0.15) is 0 Å². The molecule has 0 radical (unpaired) electrons. The minimum absolute atomic E-state index is 0.0541. The van der Waals surface area contributed by atoms with Crippen molar-refractivity contribution in [3.8, 4) is 0 Å². The molecular formula is C18H17FN2O2S. The Labute approximate surface area is 144 Å². The van der Waals surface area contributed by atoms with Gasteiger partial charge in [-0.15, -0.1) is 0 Å². The number of rotatable bonds is 3. The Morgan fingerprint density at radius 1 is 1.21 bits per heavy atom. The first-order chi connectivity index (χ1) is 11.4. The van der Waals surface area contributed by atoms with Crippen molar-refractivity contribution in [3.63, 3.8) is 0 Å². The van der Waals surface area contributed by atoms with Crippen LogP contribution in [0, 0.1) is 19.7 Å². The molecule has 1 fully saturated rings. The van der Waals surface area contributed by atoms with Gasteiger partial charge in [0, 0.05) is 24.0 Å². The third kappa shape index (κ3) is 2.89. The number of amides is 2. The molecule has 6 heteroatoms. The van der Waals surface area contributed by atoms with Crippen LogP contribution in [-0.2, 0) is 18.4 Å². The Morgan fingerprint density at radius 2 is 1.92 bits per heavy atom. The summed E-state index contributed by atoms with van der Waals surface area (Å²) >= 11 is 0.892. The summed E-state index contributed by atoms with van der Waals surface area (Å²) in [4.78, 5) is 26.1. The average Bonchev–Trinajstić information content (AvgIpc) is 2.94. The van der Waals surface area contributed by atoms with Crippen molar-refractivity contribution in [2.45, 2.75) is 20.4 Å². The van der Waals surface area contributed by atoms with Gasteiger partial charge in [-0.25, -0.2) is 4.39 Å². The summed E-state index contributed by atoms with van der Waals surface area (Å²) in [6, 6.07) is 8.13. The zero-order valence-corrected chi connectivity index (χ0v) is 14.5. The molecule has 0 N–H and O–H groups in total. The summed E-state index contributed by atoms with van der Waals surface area (Å²) < 4.78 is 15.8. The second-order valence-corrected chi connectivity index (χ2v) is 6.74. The van der Waals surface area contributed by atoms with Gasteiger partial charge in [-0.05, 0) is 49.4 Å². The highest BCUT2D eigenvalue weighted by molar-refractivity contribution is 8.18. The lowest BCUT2D eigenvalue weighted by Crippen LogP contribution is -2.27.